The normalized spacial score (nSPS) is 23.3. The van der Waals surface area contributed by atoms with Crippen LogP contribution in [0.3, 0.4) is 0 Å². The number of aromatic amines is 1. The molecular formula is C19H27N3O3. The fourth-order valence-electron chi connectivity index (χ4n) is 3.91. The third-order valence-electron chi connectivity index (χ3n) is 5.33. The Bertz CT molecular complexity index is 725. The average molecular weight is 345 g/mol. The summed E-state index contributed by atoms with van der Waals surface area (Å²) in [5.74, 6) is -0.0357. The van der Waals surface area contributed by atoms with Gasteiger partial charge in [0.1, 0.15) is 5.56 Å². The predicted molar refractivity (Wildman–Crippen MR) is 95.6 cm³/mol. The first kappa shape index (κ1) is 17.7. The van der Waals surface area contributed by atoms with Crippen LogP contribution in [0.1, 0.15) is 62.0 Å². The Morgan fingerprint density at radius 1 is 1.24 bits per heavy atom. The van der Waals surface area contributed by atoms with Crippen molar-refractivity contribution in [3.05, 3.63) is 33.7 Å². The number of pyridine rings is 1. The van der Waals surface area contributed by atoms with E-state index in [0.717, 1.165) is 31.5 Å². The second-order valence-corrected chi connectivity index (χ2v) is 7.48. The Kier molecular flexibility index (Phi) is 4.97. The summed E-state index contributed by atoms with van der Waals surface area (Å²) >= 11 is 0. The van der Waals surface area contributed by atoms with Crippen molar-refractivity contribution in [1.82, 2.24) is 14.8 Å². The summed E-state index contributed by atoms with van der Waals surface area (Å²) in [7, 11) is 0. The van der Waals surface area contributed by atoms with Crippen LogP contribution in [-0.4, -0.2) is 52.3 Å². The number of amides is 2. The lowest BCUT2D eigenvalue weighted by Crippen LogP contribution is -2.48. The lowest BCUT2D eigenvalue weighted by Gasteiger charge is -2.35. The van der Waals surface area contributed by atoms with Crippen molar-refractivity contribution in [1.29, 1.82) is 0 Å². The van der Waals surface area contributed by atoms with E-state index >= 15 is 0 Å². The Balaban J connectivity index is 1.84. The quantitative estimate of drug-likeness (QED) is 0.907. The standard InChI is InChI=1S/C19H27N3O3/c1-4-9-22-14-6-5-13(18(22)24)10-21(11-14)19(25)15-7-8-16(12(2)3)20-17(15)23/h7-8,12-14H,4-6,9-11H2,1-3H3,(H,20,23)/t13-,14+/m1/s1. The number of aromatic nitrogens is 1. The molecule has 3 aliphatic heterocycles. The largest absolute Gasteiger partial charge is 0.338 e. The van der Waals surface area contributed by atoms with Crippen molar-refractivity contribution in [3.63, 3.8) is 0 Å². The van der Waals surface area contributed by atoms with Crippen LogP contribution in [0.25, 0.3) is 0 Å². The van der Waals surface area contributed by atoms with Crippen molar-refractivity contribution < 1.29 is 9.59 Å². The molecule has 3 saturated heterocycles. The van der Waals surface area contributed by atoms with Gasteiger partial charge in [0.05, 0.1) is 5.92 Å². The van der Waals surface area contributed by atoms with E-state index in [1.807, 2.05) is 18.7 Å². The molecule has 0 aliphatic carbocycles. The maximum Gasteiger partial charge on any atom is 0.261 e. The summed E-state index contributed by atoms with van der Waals surface area (Å²) in [5, 5.41) is 0. The van der Waals surface area contributed by atoms with Crippen molar-refractivity contribution in [2.75, 3.05) is 19.6 Å². The summed E-state index contributed by atoms with van der Waals surface area (Å²) in [4.78, 5) is 44.3. The molecule has 3 aliphatic rings. The number of rotatable bonds is 4. The summed E-state index contributed by atoms with van der Waals surface area (Å²) in [6, 6.07) is 3.50. The molecule has 1 N–H and O–H groups in total. The fourth-order valence-corrected chi connectivity index (χ4v) is 3.91. The van der Waals surface area contributed by atoms with Gasteiger partial charge >= 0.3 is 0 Å². The monoisotopic (exact) mass is 345 g/mol. The Labute approximate surface area is 148 Å². The first-order valence-corrected chi connectivity index (χ1v) is 9.25. The van der Waals surface area contributed by atoms with Crippen molar-refractivity contribution in [2.45, 2.75) is 52.0 Å². The summed E-state index contributed by atoms with van der Waals surface area (Å²) < 4.78 is 0. The van der Waals surface area contributed by atoms with Gasteiger partial charge in [0, 0.05) is 31.4 Å². The number of nitrogens with zero attached hydrogens (tertiary/aromatic N) is 2. The zero-order chi connectivity index (χ0) is 18.1. The van der Waals surface area contributed by atoms with Crippen molar-refractivity contribution >= 4 is 11.8 Å². The van der Waals surface area contributed by atoms with Crippen molar-refractivity contribution in [2.24, 2.45) is 5.92 Å². The molecule has 1 aromatic rings. The maximum absolute atomic E-state index is 12.9. The zero-order valence-corrected chi connectivity index (χ0v) is 15.2. The molecule has 2 amide bonds. The summed E-state index contributed by atoms with van der Waals surface area (Å²) in [5.41, 5.74) is 0.645. The fraction of sp³-hybridized carbons (Fsp3) is 0.632. The SMILES string of the molecule is CCCN1C(=O)[C@@H]2CC[C@H]1CN(C(=O)c1ccc(C(C)C)[nH]c1=O)C2. The van der Waals surface area contributed by atoms with Gasteiger partial charge < -0.3 is 14.8 Å². The minimum absolute atomic E-state index is 0.0733. The number of H-pyrrole nitrogens is 1. The topological polar surface area (TPSA) is 73.5 Å². The summed E-state index contributed by atoms with van der Waals surface area (Å²) in [6.07, 6.45) is 2.68. The van der Waals surface area contributed by atoms with Crippen LogP contribution in [0.4, 0.5) is 0 Å². The van der Waals surface area contributed by atoms with E-state index in [2.05, 4.69) is 11.9 Å². The molecule has 0 unspecified atom stereocenters. The van der Waals surface area contributed by atoms with Crippen LogP contribution in [0.5, 0.6) is 0 Å². The molecule has 25 heavy (non-hydrogen) atoms. The van der Waals surface area contributed by atoms with E-state index < -0.39 is 0 Å². The highest BCUT2D eigenvalue weighted by Crippen LogP contribution is 2.29. The van der Waals surface area contributed by atoms with Gasteiger partial charge in [0.15, 0.2) is 0 Å². The highest BCUT2D eigenvalue weighted by molar-refractivity contribution is 5.94. The number of carbonyl (C=O) groups is 2. The van der Waals surface area contributed by atoms with E-state index in [1.54, 1.807) is 17.0 Å². The van der Waals surface area contributed by atoms with Gasteiger partial charge in [0.25, 0.3) is 11.5 Å². The van der Waals surface area contributed by atoms with E-state index in [9.17, 15) is 14.4 Å². The molecule has 6 heteroatoms. The van der Waals surface area contributed by atoms with Gasteiger partial charge in [0.2, 0.25) is 5.91 Å². The van der Waals surface area contributed by atoms with E-state index in [0.29, 0.717) is 13.1 Å². The molecule has 0 radical (unpaired) electrons. The number of piperidine rings is 1. The van der Waals surface area contributed by atoms with E-state index in [-0.39, 0.29) is 40.8 Å². The number of fused-ring (bicyclic) bond motifs is 4. The molecular weight excluding hydrogens is 318 g/mol. The van der Waals surface area contributed by atoms with Crippen molar-refractivity contribution in [3.8, 4) is 0 Å². The molecule has 0 spiro atoms. The van der Waals surface area contributed by atoms with Gasteiger partial charge in [-0.15, -0.1) is 0 Å². The van der Waals surface area contributed by atoms with E-state index in [1.165, 1.54) is 0 Å². The highest BCUT2D eigenvalue weighted by atomic mass is 16.2. The van der Waals surface area contributed by atoms with E-state index in [4.69, 9.17) is 0 Å². The first-order chi connectivity index (χ1) is 11.9. The third-order valence-corrected chi connectivity index (χ3v) is 5.33. The van der Waals surface area contributed by atoms with Crippen LogP contribution in [0.15, 0.2) is 16.9 Å². The summed E-state index contributed by atoms with van der Waals surface area (Å²) in [6.45, 7) is 7.73. The van der Waals surface area contributed by atoms with Crippen LogP contribution >= 0.6 is 0 Å². The first-order valence-electron chi connectivity index (χ1n) is 9.25. The second-order valence-electron chi connectivity index (χ2n) is 7.48. The minimum atomic E-state index is -0.343. The molecule has 136 valence electrons. The van der Waals surface area contributed by atoms with Crippen LogP contribution in [0.2, 0.25) is 0 Å². The lowest BCUT2D eigenvalue weighted by atomic mass is 9.94. The molecule has 2 bridgehead atoms. The van der Waals surface area contributed by atoms with Crippen LogP contribution < -0.4 is 5.56 Å². The second kappa shape index (κ2) is 7.02. The van der Waals surface area contributed by atoms with Crippen LogP contribution in [-0.2, 0) is 4.79 Å². The lowest BCUT2D eigenvalue weighted by molar-refractivity contribution is -0.139. The molecule has 1 aromatic heterocycles. The number of carbonyl (C=O) groups excluding carboxylic acids is 2. The molecule has 2 atom stereocenters. The molecule has 0 aromatic carbocycles. The maximum atomic E-state index is 12.9. The molecule has 0 saturated carbocycles. The number of nitrogens with one attached hydrogen (secondary N) is 1. The van der Waals surface area contributed by atoms with Gasteiger partial charge in [-0.3, -0.25) is 14.4 Å². The van der Waals surface area contributed by atoms with Gasteiger partial charge in [-0.05, 0) is 37.3 Å². The molecule has 3 fully saturated rings. The predicted octanol–water partition coefficient (Wildman–Crippen LogP) is 1.97. The smallest absolute Gasteiger partial charge is 0.261 e. The number of hydrogen-bond acceptors (Lipinski definition) is 3. The zero-order valence-electron chi connectivity index (χ0n) is 15.2. The van der Waals surface area contributed by atoms with Gasteiger partial charge in [-0.25, -0.2) is 0 Å². The van der Waals surface area contributed by atoms with Crippen LogP contribution in [0, 0.1) is 5.92 Å². The minimum Gasteiger partial charge on any atom is -0.338 e. The van der Waals surface area contributed by atoms with Gasteiger partial charge in [-0.2, -0.15) is 0 Å². The highest BCUT2D eigenvalue weighted by Gasteiger charge is 2.41. The molecule has 4 heterocycles. The Morgan fingerprint density at radius 2 is 2.00 bits per heavy atom. The van der Waals surface area contributed by atoms with Gasteiger partial charge in [-0.1, -0.05) is 20.8 Å². The third kappa shape index (κ3) is 3.34. The Hall–Kier alpha value is -2.11. The molecule has 4 rings (SSSR count). The Morgan fingerprint density at radius 3 is 2.64 bits per heavy atom. The number of hydrogen-bond donors (Lipinski definition) is 1. The molecule has 6 nitrogen and oxygen atoms in total. The average Bonchev–Trinajstić information content (AvgIpc) is 2.87.